The third kappa shape index (κ3) is 7.62. The first-order valence-electron chi connectivity index (χ1n) is 18.3. The van der Waals surface area contributed by atoms with E-state index < -0.39 is 57.2 Å². The van der Waals surface area contributed by atoms with Gasteiger partial charge < -0.3 is 29.7 Å². The first kappa shape index (κ1) is 38.2. The van der Waals surface area contributed by atoms with Crippen LogP contribution in [0.4, 0.5) is 16.2 Å². The second-order valence-corrected chi connectivity index (χ2v) is 16.2. The van der Waals surface area contributed by atoms with E-state index in [0.29, 0.717) is 21.9 Å². The summed E-state index contributed by atoms with van der Waals surface area (Å²) in [6.45, 7) is 5.80. The van der Waals surface area contributed by atoms with E-state index in [1.165, 1.54) is 77.0 Å². The highest BCUT2D eigenvalue weighted by molar-refractivity contribution is 8.03. The van der Waals surface area contributed by atoms with E-state index in [-0.39, 0.29) is 61.1 Å². The molecular weight excluding hydrogens is 737 g/mol. The molecule has 2 N–H and O–H groups in total. The Hall–Kier alpha value is -5.07. The number of fused-ring (bicyclic) bond motifs is 4. The number of nitrogens with zero attached hydrogens (tertiary/aromatic N) is 5. The molecule has 3 amide bonds. The number of thioether (sulfide) groups is 1. The number of hydrogen-bond donors (Lipinski definition) is 2. The SMILES string of the molecule is C[C@@H](O)[C@H]1C(=O)N2C(C(=O)OCc3ccc([N+](=O)[O-])cc3)=C(S[C@H]3CC(C(=O)NC4CN5CCC4CC5)N(C(=O)OCc4ccc([N+](=O)[O-])cc4)C3)[C@H](C)[C@H]12. The molecule has 7 atom stereocenters. The summed E-state index contributed by atoms with van der Waals surface area (Å²) < 4.78 is 11.3. The highest BCUT2D eigenvalue weighted by Crippen LogP contribution is 2.52. The van der Waals surface area contributed by atoms with E-state index >= 15 is 0 Å². The third-order valence-electron chi connectivity index (χ3n) is 11.4. The Kier molecular flexibility index (Phi) is 10.8. The van der Waals surface area contributed by atoms with Crippen LogP contribution in [0.3, 0.4) is 0 Å². The number of piperidine rings is 3. The van der Waals surface area contributed by atoms with E-state index in [2.05, 4.69) is 10.2 Å². The fourth-order valence-electron chi connectivity index (χ4n) is 8.46. The van der Waals surface area contributed by atoms with Gasteiger partial charge in [-0.2, -0.15) is 0 Å². The van der Waals surface area contributed by atoms with E-state index in [4.69, 9.17) is 9.47 Å². The molecule has 2 aromatic rings. The second-order valence-electron chi connectivity index (χ2n) is 14.8. The van der Waals surface area contributed by atoms with E-state index in [1.54, 1.807) is 0 Å². The zero-order valence-electron chi connectivity index (χ0n) is 30.3. The normalized spacial score (nSPS) is 28.7. The number of amides is 3. The number of rotatable bonds is 12. The van der Waals surface area contributed by atoms with Crippen LogP contribution >= 0.6 is 11.8 Å². The molecule has 0 saturated carbocycles. The van der Waals surface area contributed by atoms with Gasteiger partial charge in [0, 0.05) is 59.5 Å². The molecule has 5 saturated heterocycles. The Morgan fingerprint density at radius 1 is 0.945 bits per heavy atom. The Morgan fingerprint density at radius 2 is 1.53 bits per heavy atom. The van der Waals surface area contributed by atoms with Gasteiger partial charge >= 0.3 is 12.1 Å². The lowest BCUT2D eigenvalue weighted by atomic mass is 9.79. The number of aliphatic hydroxyl groups excluding tert-OH is 1. The summed E-state index contributed by atoms with van der Waals surface area (Å²) in [4.78, 5) is 81.6. The van der Waals surface area contributed by atoms with E-state index in [9.17, 15) is 44.5 Å². The smallest absolute Gasteiger partial charge is 0.410 e. The fraction of sp³-hybridized carbons (Fsp3) is 0.514. The van der Waals surface area contributed by atoms with Gasteiger partial charge in [0.25, 0.3) is 11.4 Å². The molecule has 6 aliphatic rings. The lowest BCUT2D eigenvalue weighted by Gasteiger charge is -2.46. The van der Waals surface area contributed by atoms with Gasteiger partial charge in [0.05, 0.1) is 27.9 Å². The topological polar surface area (TPSA) is 215 Å². The van der Waals surface area contributed by atoms with Gasteiger partial charge in [0.2, 0.25) is 11.8 Å². The number of benzene rings is 2. The minimum absolute atomic E-state index is 0.0405. The van der Waals surface area contributed by atoms with E-state index in [1.807, 2.05) is 6.92 Å². The largest absolute Gasteiger partial charge is 0.456 e. The molecule has 55 heavy (non-hydrogen) atoms. The molecule has 292 valence electrons. The lowest BCUT2D eigenvalue weighted by Crippen LogP contribution is -2.63. The number of nitro groups is 2. The standard InChI is InChI=1S/C37H42N6O11S/c1-20-31-30(21(2)44)35(46)41(31)32(36(47)53-18-22-3-7-25(8-4-22)42(49)50)33(20)55-27-15-29(34(45)38-28-17-39-13-11-24(28)12-14-39)40(16-27)37(48)54-19-23-5-9-26(10-6-23)43(51)52/h3-10,20-21,24,27-31,44H,11-19H2,1-2H3,(H,38,45)/t20-,21-,27+,28?,29?,30-,31-/m1/s1. The van der Waals surface area contributed by atoms with Crippen molar-refractivity contribution in [3.63, 3.8) is 0 Å². The molecule has 6 aliphatic heterocycles. The maximum Gasteiger partial charge on any atom is 0.410 e. The van der Waals surface area contributed by atoms with Crippen LogP contribution in [0, 0.1) is 38.0 Å². The summed E-state index contributed by atoms with van der Waals surface area (Å²) in [6.07, 6.45) is 0.483. The Balaban J connectivity index is 1.11. The Labute approximate surface area is 320 Å². The zero-order chi connectivity index (χ0) is 39.1. The predicted molar refractivity (Wildman–Crippen MR) is 196 cm³/mol. The summed E-state index contributed by atoms with van der Waals surface area (Å²) in [5, 5.41) is 35.4. The molecule has 8 rings (SSSR count). The predicted octanol–water partition coefficient (Wildman–Crippen LogP) is 3.34. The van der Waals surface area contributed by atoms with Crippen molar-refractivity contribution in [2.45, 2.75) is 75.8 Å². The molecule has 18 heteroatoms. The first-order valence-corrected chi connectivity index (χ1v) is 19.2. The molecule has 6 heterocycles. The highest BCUT2D eigenvalue weighted by Gasteiger charge is 2.60. The van der Waals surface area contributed by atoms with Crippen molar-refractivity contribution in [3.05, 3.63) is 90.5 Å². The van der Waals surface area contributed by atoms with Gasteiger partial charge in [0.1, 0.15) is 25.0 Å². The van der Waals surface area contributed by atoms with Crippen LogP contribution in [-0.2, 0) is 37.1 Å². The van der Waals surface area contributed by atoms with Crippen molar-refractivity contribution in [1.29, 1.82) is 0 Å². The number of β-lactam (4-membered cyclic amide) rings is 1. The number of ether oxygens (including phenoxy) is 2. The minimum atomic E-state index is -0.968. The maximum absolute atomic E-state index is 14.0. The van der Waals surface area contributed by atoms with Crippen molar-refractivity contribution in [2.24, 2.45) is 17.8 Å². The second kappa shape index (κ2) is 15.6. The van der Waals surface area contributed by atoms with Gasteiger partial charge in [-0.1, -0.05) is 6.92 Å². The highest BCUT2D eigenvalue weighted by atomic mass is 32.2. The number of carbonyl (C=O) groups is 4. The van der Waals surface area contributed by atoms with Crippen molar-refractivity contribution in [2.75, 3.05) is 26.2 Å². The molecule has 0 spiro atoms. The molecule has 0 aromatic heterocycles. The van der Waals surface area contributed by atoms with Crippen LogP contribution in [0.1, 0.15) is 44.2 Å². The van der Waals surface area contributed by atoms with Gasteiger partial charge in [-0.25, -0.2) is 9.59 Å². The summed E-state index contributed by atoms with van der Waals surface area (Å²) in [6, 6.07) is 9.72. The van der Waals surface area contributed by atoms with Gasteiger partial charge in [-0.15, -0.1) is 11.8 Å². The molecule has 2 bridgehead atoms. The number of non-ortho nitro benzene ring substituents is 2. The average Bonchev–Trinajstić information content (AvgIpc) is 3.70. The third-order valence-corrected chi connectivity index (χ3v) is 12.9. The number of esters is 1. The number of nitrogens with one attached hydrogen (secondary N) is 1. The molecule has 17 nitrogen and oxygen atoms in total. The average molecular weight is 779 g/mol. The summed E-state index contributed by atoms with van der Waals surface area (Å²) >= 11 is 1.30. The van der Waals surface area contributed by atoms with Crippen LogP contribution in [-0.4, -0.2) is 109 Å². The van der Waals surface area contributed by atoms with Gasteiger partial charge in [-0.3, -0.25) is 34.7 Å². The Morgan fingerprint density at radius 3 is 2.05 bits per heavy atom. The lowest BCUT2D eigenvalue weighted by molar-refractivity contribution is -0.385. The monoisotopic (exact) mass is 778 g/mol. The molecule has 2 aromatic carbocycles. The van der Waals surface area contributed by atoms with Crippen LogP contribution in [0.15, 0.2) is 59.1 Å². The number of carbonyl (C=O) groups excluding carboxylic acids is 4. The van der Waals surface area contributed by atoms with Crippen molar-refractivity contribution in [3.8, 4) is 0 Å². The zero-order valence-corrected chi connectivity index (χ0v) is 31.1. The van der Waals surface area contributed by atoms with Crippen LogP contribution in [0.25, 0.3) is 0 Å². The molecule has 2 unspecified atom stereocenters. The Bertz CT molecular complexity index is 1900. The molecule has 0 radical (unpaired) electrons. The number of aliphatic hydroxyl groups is 1. The van der Waals surface area contributed by atoms with Gasteiger partial charge in [-0.05, 0) is 80.6 Å². The summed E-state index contributed by atoms with van der Waals surface area (Å²) in [7, 11) is 0. The summed E-state index contributed by atoms with van der Waals surface area (Å²) in [5.74, 6) is -2.27. The van der Waals surface area contributed by atoms with E-state index in [0.717, 1.165) is 32.5 Å². The number of hydrogen-bond acceptors (Lipinski definition) is 13. The van der Waals surface area contributed by atoms with Crippen LogP contribution in [0.5, 0.6) is 0 Å². The van der Waals surface area contributed by atoms with Crippen molar-refractivity contribution >= 4 is 47.0 Å². The quantitative estimate of drug-likeness (QED) is 0.137. The van der Waals surface area contributed by atoms with Crippen LogP contribution < -0.4 is 5.32 Å². The number of likely N-dealkylation sites (tertiary alicyclic amines) is 1. The number of nitro benzene ring substituents is 2. The summed E-state index contributed by atoms with van der Waals surface area (Å²) in [5.41, 5.74) is 0.856. The van der Waals surface area contributed by atoms with Crippen LogP contribution in [0.2, 0.25) is 0 Å². The molecule has 0 aliphatic carbocycles. The fourth-order valence-corrected chi connectivity index (χ4v) is 9.98. The molecule has 5 fully saturated rings. The maximum atomic E-state index is 14.0. The first-order chi connectivity index (χ1) is 26.3. The minimum Gasteiger partial charge on any atom is -0.456 e. The molecular formula is C37H42N6O11S. The van der Waals surface area contributed by atoms with Gasteiger partial charge in [0.15, 0.2) is 0 Å². The van der Waals surface area contributed by atoms with Crippen molar-refractivity contribution in [1.82, 2.24) is 20.0 Å². The van der Waals surface area contributed by atoms with Crippen molar-refractivity contribution < 1.29 is 43.6 Å².